The molecule has 0 spiro atoms. The minimum Gasteiger partial charge on any atom is -0.370 e. The number of hydrogen-bond donors (Lipinski definition) is 2. The molecule has 3 heterocycles. The molecule has 0 unspecified atom stereocenters. The normalized spacial score (nSPS) is 11.0. The summed E-state index contributed by atoms with van der Waals surface area (Å²) in [5, 5.41) is 4.06. The van der Waals surface area contributed by atoms with Gasteiger partial charge in [-0.1, -0.05) is 23.7 Å². The van der Waals surface area contributed by atoms with E-state index in [1.54, 1.807) is 36.8 Å². The summed E-state index contributed by atoms with van der Waals surface area (Å²) in [6.45, 7) is 4.50. The quantitative estimate of drug-likeness (QED) is 0.430. The number of nitrogens with zero attached hydrogens (tertiary/aromatic N) is 5. The van der Waals surface area contributed by atoms with Crippen LogP contribution >= 0.6 is 11.6 Å². The van der Waals surface area contributed by atoms with Crippen molar-refractivity contribution in [3.05, 3.63) is 63.9 Å². The van der Waals surface area contributed by atoms with Crippen LogP contribution in [0.1, 0.15) is 19.0 Å². The molecule has 0 fully saturated rings. The predicted molar refractivity (Wildman–Crippen MR) is 128 cm³/mol. The lowest BCUT2D eigenvalue weighted by Gasteiger charge is -2.14. The maximum Gasteiger partial charge on any atom is 0.260 e. The van der Waals surface area contributed by atoms with E-state index in [0.717, 1.165) is 11.3 Å². The van der Waals surface area contributed by atoms with Crippen LogP contribution in [0.2, 0.25) is 5.02 Å². The molecule has 0 aliphatic heterocycles. The molecule has 33 heavy (non-hydrogen) atoms. The Balaban J connectivity index is 1.86. The fourth-order valence-electron chi connectivity index (χ4n) is 3.52. The summed E-state index contributed by atoms with van der Waals surface area (Å²) >= 11 is 6.61. The monoisotopic (exact) mass is 463 g/mol. The van der Waals surface area contributed by atoms with Gasteiger partial charge in [0, 0.05) is 59.0 Å². The van der Waals surface area contributed by atoms with Crippen molar-refractivity contribution in [3.8, 4) is 22.4 Å². The van der Waals surface area contributed by atoms with Gasteiger partial charge in [0.15, 0.2) is 0 Å². The Hall–Kier alpha value is -3.85. The molecule has 1 amide bonds. The van der Waals surface area contributed by atoms with Crippen molar-refractivity contribution in [2.75, 3.05) is 11.9 Å². The largest absolute Gasteiger partial charge is 0.370 e. The number of nitrogens with one attached hydrogen (secondary N) is 1. The Morgan fingerprint density at radius 1 is 1.15 bits per heavy atom. The number of anilines is 1. The molecule has 0 saturated heterocycles. The van der Waals surface area contributed by atoms with Gasteiger partial charge in [0.2, 0.25) is 11.9 Å². The van der Waals surface area contributed by atoms with E-state index in [1.807, 2.05) is 19.9 Å². The van der Waals surface area contributed by atoms with Gasteiger partial charge in [0.05, 0.1) is 17.6 Å². The van der Waals surface area contributed by atoms with Crippen molar-refractivity contribution < 1.29 is 4.79 Å². The Labute approximate surface area is 194 Å². The smallest absolute Gasteiger partial charge is 0.260 e. The minimum atomic E-state index is -0.511. The van der Waals surface area contributed by atoms with Crippen LogP contribution < -0.4 is 16.6 Å². The van der Waals surface area contributed by atoms with Crippen LogP contribution in [-0.4, -0.2) is 37.0 Å². The molecule has 0 atom stereocenters. The molecule has 0 aliphatic rings. The third-order valence-corrected chi connectivity index (χ3v) is 5.37. The maximum atomic E-state index is 13.5. The maximum absolute atomic E-state index is 13.5. The Morgan fingerprint density at radius 2 is 1.97 bits per heavy atom. The molecule has 168 valence electrons. The molecule has 3 N–H and O–H groups in total. The molecule has 9 nitrogen and oxygen atoms in total. The van der Waals surface area contributed by atoms with Gasteiger partial charge in [-0.3, -0.25) is 19.1 Å². The Kier molecular flexibility index (Phi) is 6.32. The molecule has 0 radical (unpaired) electrons. The summed E-state index contributed by atoms with van der Waals surface area (Å²) in [4.78, 5) is 42.3. The van der Waals surface area contributed by atoms with Gasteiger partial charge in [-0.15, -0.1) is 0 Å². The average Bonchev–Trinajstić information content (AvgIpc) is 2.78. The van der Waals surface area contributed by atoms with Crippen molar-refractivity contribution in [1.29, 1.82) is 0 Å². The summed E-state index contributed by atoms with van der Waals surface area (Å²) in [5.41, 5.74) is 8.61. The van der Waals surface area contributed by atoms with Crippen LogP contribution in [0.15, 0.2) is 47.7 Å². The van der Waals surface area contributed by atoms with Gasteiger partial charge in [0.25, 0.3) is 5.56 Å². The summed E-state index contributed by atoms with van der Waals surface area (Å²) in [5.74, 6) is -0.116. The van der Waals surface area contributed by atoms with E-state index in [9.17, 15) is 9.59 Å². The van der Waals surface area contributed by atoms with Gasteiger partial charge in [-0.25, -0.2) is 9.97 Å². The number of aryl methyl sites for hydroxylation is 2. The van der Waals surface area contributed by atoms with E-state index in [0.29, 0.717) is 45.4 Å². The summed E-state index contributed by atoms with van der Waals surface area (Å²) < 4.78 is 1.44. The summed E-state index contributed by atoms with van der Waals surface area (Å²) in [6, 6.07) is 7.08. The Morgan fingerprint density at radius 3 is 2.67 bits per heavy atom. The molecule has 1 aromatic carbocycles. The highest BCUT2D eigenvalue weighted by atomic mass is 35.5. The van der Waals surface area contributed by atoms with Crippen LogP contribution in [-0.2, 0) is 11.3 Å². The average molecular weight is 464 g/mol. The first-order valence-corrected chi connectivity index (χ1v) is 10.8. The van der Waals surface area contributed by atoms with Crippen molar-refractivity contribution in [3.63, 3.8) is 0 Å². The topological polar surface area (TPSA) is 129 Å². The van der Waals surface area contributed by atoms with E-state index in [2.05, 4.69) is 25.3 Å². The number of amides is 1. The number of pyridine rings is 1. The second-order valence-electron chi connectivity index (χ2n) is 7.47. The van der Waals surface area contributed by atoms with E-state index >= 15 is 0 Å². The van der Waals surface area contributed by atoms with Crippen LogP contribution in [0.25, 0.3) is 33.4 Å². The molecule has 10 heteroatoms. The molecular weight excluding hydrogens is 442 g/mol. The van der Waals surface area contributed by atoms with E-state index in [1.165, 1.54) is 4.57 Å². The first-order chi connectivity index (χ1) is 15.9. The van der Waals surface area contributed by atoms with Gasteiger partial charge in [-0.05, 0) is 26.0 Å². The minimum absolute atomic E-state index is 0.00228. The number of fused-ring (bicyclic) bond motifs is 1. The first-order valence-electron chi connectivity index (χ1n) is 10.4. The zero-order valence-corrected chi connectivity index (χ0v) is 18.9. The Bertz CT molecular complexity index is 1420. The highest BCUT2D eigenvalue weighted by molar-refractivity contribution is 6.33. The van der Waals surface area contributed by atoms with Crippen LogP contribution in [0.4, 0.5) is 5.95 Å². The molecule has 3 aromatic heterocycles. The fourth-order valence-corrected chi connectivity index (χ4v) is 3.80. The zero-order valence-electron chi connectivity index (χ0n) is 18.2. The molecule has 4 rings (SSSR count). The number of nitrogens with two attached hydrogens (primary N) is 1. The molecule has 0 bridgehead atoms. The summed E-state index contributed by atoms with van der Waals surface area (Å²) in [6.07, 6.45) is 4.96. The molecule has 4 aromatic rings. The number of carbonyl (C=O) groups is 1. The predicted octanol–water partition coefficient (Wildman–Crippen LogP) is 3.18. The third-order valence-electron chi connectivity index (χ3n) is 5.05. The van der Waals surface area contributed by atoms with E-state index in [4.69, 9.17) is 17.3 Å². The second-order valence-corrected chi connectivity index (χ2v) is 7.88. The van der Waals surface area contributed by atoms with Crippen molar-refractivity contribution in [2.45, 2.75) is 26.8 Å². The number of primary amides is 1. The van der Waals surface area contributed by atoms with E-state index in [-0.39, 0.29) is 18.5 Å². The van der Waals surface area contributed by atoms with E-state index < -0.39 is 5.91 Å². The standard InChI is InChI=1S/C23H22ClN7O2/c1-3-27-23-28-11-15-8-17(22(33)31(21(15)30-23)7-6-20(25)32)16-5-4-14(9-18(16)24)19-12-26-10-13(2)29-19/h4-5,8-12H,3,6-7H2,1-2H3,(H2,25,32)(H,27,28,30). The van der Waals surface area contributed by atoms with Crippen molar-refractivity contribution in [2.24, 2.45) is 5.73 Å². The van der Waals surface area contributed by atoms with Gasteiger partial charge in [0.1, 0.15) is 5.65 Å². The lowest BCUT2D eigenvalue weighted by atomic mass is 10.0. The number of halogens is 1. The number of hydrogen-bond acceptors (Lipinski definition) is 7. The number of rotatable bonds is 7. The van der Waals surface area contributed by atoms with Gasteiger partial charge >= 0.3 is 0 Å². The third kappa shape index (κ3) is 4.68. The number of aromatic nitrogens is 5. The zero-order chi connectivity index (χ0) is 23.5. The van der Waals surface area contributed by atoms with Gasteiger partial charge < -0.3 is 11.1 Å². The SMILES string of the molecule is CCNc1ncc2cc(-c3ccc(-c4cncc(C)n4)cc3Cl)c(=O)n(CCC(N)=O)c2n1. The fraction of sp³-hybridized carbons (Fsp3) is 0.217. The summed E-state index contributed by atoms with van der Waals surface area (Å²) in [7, 11) is 0. The van der Waals surface area contributed by atoms with Crippen LogP contribution in [0, 0.1) is 6.92 Å². The highest BCUT2D eigenvalue weighted by Crippen LogP contribution is 2.31. The van der Waals surface area contributed by atoms with Crippen molar-refractivity contribution in [1.82, 2.24) is 24.5 Å². The molecular formula is C23H22ClN7O2. The first kappa shape index (κ1) is 22.3. The van der Waals surface area contributed by atoms with Crippen molar-refractivity contribution >= 4 is 34.5 Å². The van der Waals surface area contributed by atoms with Gasteiger partial charge in [-0.2, -0.15) is 4.98 Å². The van der Waals surface area contributed by atoms with Crippen LogP contribution in [0.3, 0.4) is 0 Å². The number of benzene rings is 1. The molecule has 0 saturated carbocycles. The highest BCUT2D eigenvalue weighted by Gasteiger charge is 2.17. The lowest BCUT2D eigenvalue weighted by molar-refractivity contribution is -0.118. The second kappa shape index (κ2) is 9.33. The number of carbonyl (C=O) groups excluding carboxylic acids is 1. The molecule has 0 aliphatic carbocycles. The lowest BCUT2D eigenvalue weighted by Crippen LogP contribution is -2.26. The van der Waals surface area contributed by atoms with Crippen LogP contribution in [0.5, 0.6) is 0 Å².